The summed E-state index contributed by atoms with van der Waals surface area (Å²) in [5.41, 5.74) is 2.97. The molecule has 0 fully saturated rings. The summed E-state index contributed by atoms with van der Waals surface area (Å²) in [5, 5.41) is 16.1. The van der Waals surface area contributed by atoms with Crippen LogP contribution in [-0.4, -0.2) is 47.2 Å². The van der Waals surface area contributed by atoms with Gasteiger partial charge in [-0.15, -0.1) is 5.10 Å². The van der Waals surface area contributed by atoms with Crippen molar-refractivity contribution < 1.29 is 4.74 Å². The zero-order chi connectivity index (χ0) is 19.2. The summed E-state index contributed by atoms with van der Waals surface area (Å²) in [7, 11) is 3.67. The van der Waals surface area contributed by atoms with Gasteiger partial charge < -0.3 is 10.1 Å². The molecule has 0 aliphatic rings. The fraction of sp³-hybridized carbons (Fsp3) is 0.300. The fourth-order valence-electron chi connectivity index (χ4n) is 2.86. The first-order chi connectivity index (χ1) is 13.1. The molecule has 3 aromatic rings. The predicted molar refractivity (Wildman–Crippen MR) is 109 cm³/mol. The molecule has 0 aliphatic heterocycles. The van der Waals surface area contributed by atoms with E-state index in [0.717, 1.165) is 41.7 Å². The number of nitrogens with zero attached hydrogens (tertiary/aromatic N) is 5. The standard InChI is InChI=1S/C20H26N6O/c1-5-25(6-2)24(3)20-15-26(23-22-20)18-11-7-16(8-12-18)21-17-9-13-19(27-4)14-10-17/h7-15,21H,5-6H2,1-4H3. The summed E-state index contributed by atoms with van der Waals surface area (Å²) in [6, 6.07) is 15.9. The third kappa shape index (κ3) is 4.38. The number of nitrogens with one attached hydrogen (secondary N) is 1. The van der Waals surface area contributed by atoms with Crippen molar-refractivity contribution >= 4 is 17.2 Å². The highest BCUT2D eigenvalue weighted by Gasteiger charge is 2.12. The van der Waals surface area contributed by atoms with Crippen LogP contribution in [0, 0.1) is 0 Å². The minimum atomic E-state index is 0.819. The third-order valence-corrected chi connectivity index (χ3v) is 4.48. The minimum absolute atomic E-state index is 0.819. The lowest BCUT2D eigenvalue weighted by molar-refractivity contribution is 0.291. The molecular formula is C20H26N6O. The molecule has 0 bridgehead atoms. The molecule has 142 valence electrons. The largest absolute Gasteiger partial charge is 0.497 e. The zero-order valence-corrected chi connectivity index (χ0v) is 16.3. The van der Waals surface area contributed by atoms with E-state index in [1.54, 1.807) is 11.8 Å². The predicted octanol–water partition coefficient (Wildman–Crippen LogP) is 3.71. The van der Waals surface area contributed by atoms with E-state index in [2.05, 4.69) is 34.5 Å². The van der Waals surface area contributed by atoms with Crippen LogP contribution in [0.4, 0.5) is 17.2 Å². The van der Waals surface area contributed by atoms with Crippen molar-refractivity contribution in [1.29, 1.82) is 0 Å². The van der Waals surface area contributed by atoms with Gasteiger partial charge in [-0.1, -0.05) is 19.1 Å². The van der Waals surface area contributed by atoms with E-state index < -0.39 is 0 Å². The monoisotopic (exact) mass is 366 g/mol. The van der Waals surface area contributed by atoms with Crippen LogP contribution >= 0.6 is 0 Å². The van der Waals surface area contributed by atoms with Crippen LogP contribution < -0.4 is 15.1 Å². The van der Waals surface area contributed by atoms with E-state index >= 15 is 0 Å². The number of hydrogen-bond acceptors (Lipinski definition) is 6. The number of anilines is 3. The summed E-state index contributed by atoms with van der Waals surface area (Å²) in [4.78, 5) is 0. The van der Waals surface area contributed by atoms with Crippen LogP contribution in [-0.2, 0) is 0 Å². The number of ether oxygens (including phenoxy) is 1. The highest BCUT2D eigenvalue weighted by atomic mass is 16.5. The summed E-state index contributed by atoms with van der Waals surface area (Å²) in [6.07, 6.45) is 1.93. The molecule has 0 radical (unpaired) electrons. The van der Waals surface area contributed by atoms with Gasteiger partial charge in [-0.2, -0.15) is 0 Å². The number of benzene rings is 2. The molecule has 0 unspecified atom stereocenters. The Hall–Kier alpha value is -3.06. The van der Waals surface area contributed by atoms with Crippen LogP contribution in [0.3, 0.4) is 0 Å². The van der Waals surface area contributed by atoms with Crippen molar-refractivity contribution in [2.24, 2.45) is 0 Å². The summed E-state index contributed by atoms with van der Waals surface area (Å²) >= 11 is 0. The van der Waals surface area contributed by atoms with Gasteiger partial charge in [0.25, 0.3) is 0 Å². The van der Waals surface area contributed by atoms with Gasteiger partial charge in [0.1, 0.15) is 5.75 Å². The first-order valence-electron chi connectivity index (χ1n) is 9.07. The van der Waals surface area contributed by atoms with Crippen LogP contribution in [0.15, 0.2) is 54.7 Å². The van der Waals surface area contributed by atoms with E-state index in [4.69, 9.17) is 4.74 Å². The molecule has 0 saturated carbocycles. The minimum Gasteiger partial charge on any atom is -0.497 e. The summed E-state index contributed by atoms with van der Waals surface area (Å²) < 4.78 is 6.97. The number of hydrogen-bond donors (Lipinski definition) is 1. The van der Waals surface area contributed by atoms with Crippen LogP contribution in [0.25, 0.3) is 5.69 Å². The molecule has 27 heavy (non-hydrogen) atoms. The van der Waals surface area contributed by atoms with Crippen LogP contribution in [0.5, 0.6) is 5.75 Å². The average molecular weight is 366 g/mol. The van der Waals surface area contributed by atoms with Crippen molar-refractivity contribution in [2.45, 2.75) is 13.8 Å². The van der Waals surface area contributed by atoms with Crippen molar-refractivity contribution in [1.82, 2.24) is 20.0 Å². The van der Waals surface area contributed by atoms with Gasteiger partial charge in [-0.05, 0) is 48.5 Å². The van der Waals surface area contributed by atoms with E-state index in [1.165, 1.54) is 0 Å². The second kappa shape index (κ2) is 8.55. The molecule has 1 N–H and O–H groups in total. The zero-order valence-electron chi connectivity index (χ0n) is 16.3. The van der Waals surface area contributed by atoms with Gasteiger partial charge in [-0.3, -0.25) is 5.01 Å². The first kappa shape index (κ1) is 18.7. The van der Waals surface area contributed by atoms with Crippen LogP contribution in [0.1, 0.15) is 13.8 Å². The molecule has 3 rings (SSSR count). The van der Waals surface area contributed by atoms with Gasteiger partial charge in [0.15, 0.2) is 5.82 Å². The van der Waals surface area contributed by atoms with Gasteiger partial charge in [0, 0.05) is 31.5 Å². The highest BCUT2D eigenvalue weighted by Crippen LogP contribution is 2.21. The molecule has 0 amide bonds. The number of hydrazine groups is 1. The molecule has 0 aliphatic carbocycles. The Morgan fingerprint density at radius 3 is 2.11 bits per heavy atom. The quantitative estimate of drug-likeness (QED) is 0.613. The molecule has 0 spiro atoms. The molecule has 7 heteroatoms. The van der Waals surface area contributed by atoms with E-state index in [1.807, 2.05) is 66.8 Å². The van der Waals surface area contributed by atoms with E-state index in [-0.39, 0.29) is 0 Å². The number of methoxy groups -OCH3 is 1. The lowest BCUT2D eigenvalue weighted by Crippen LogP contribution is -2.39. The normalized spacial score (nSPS) is 10.9. The Morgan fingerprint density at radius 2 is 1.56 bits per heavy atom. The Labute approximate surface area is 160 Å². The van der Waals surface area contributed by atoms with Crippen molar-refractivity contribution in [3.05, 3.63) is 54.7 Å². The van der Waals surface area contributed by atoms with Gasteiger partial charge >= 0.3 is 0 Å². The molecule has 0 saturated heterocycles. The maximum Gasteiger partial charge on any atom is 0.185 e. The molecule has 0 atom stereocenters. The van der Waals surface area contributed by atoms with Gasteiger partial charge in [0.2, 0.25) is 0 Å². The van der Waals surface area contributed by atoms with Crippen molar-refractivity contribution in [2.75, 3.05) is 37.6 Å². The molecule has 1 heterocycles. The Bertz CT molecular complexity index is 840. The van der Waals surface area contributed by atoms with E-state index in [9.17, 15) is 0 Å². The molecule has 2 aromatic carbocycles. The van der Waals surface area contributed by atoms with Crippen molar-refractivity contribution in [3.63, 3.8) is 0 Å². The second-order valence-electron chi connectivity index (χ2n) is 6.08. The van der Waals surface area contributed by atoms with Gasteiger partial charge in [-0.25, -0.2) is 9.69 Å². The average Bonchev–Trinajstić information content (AvgIpc) is 3.20. The summed E-state index contributed by atoms with van der Waals surface area (Å²) in [5.74, 6) is 1.66. The Balaban J connectivity index is 1.70. The second-order valence-corrected chi connectivity index (χ2v) is 6.08. The Kier molecular flexibility index (Phi) is 5.93. The number of rotatable bonds is 8. The molecule has 1 aromatic heterocycles. The molecule has 7 nitrogen and oxygen atoms in total. The maximum absolute atomic E-state index is 5.18. The fourth-order valence-corrected chi connectivity index (χ4v) is 2.86. The summed E-state index contributed by atoms with van der Waals surface area (Å²) in [6.45, 7) is 6.09. The van der Waals surface area contributed by atoms with Gasteiger partial charge in [0.05, 0.1) is 19.0 Å². The number of aromatic nitrogens is 3. The Morgan fingerprint density at radius 1 is 0.963 bits per heavy atom. The molecular weight excluding hydrogens is 340 g/mol. The highest BCUT2D eigenvalue weighted by molar-refractivity contribution is 5.61. The van der Waals surface area contributed by atoms with Crippen LogP contribution in [0.2, 0.25) is 0 Å². The topological polar surface area (TPSA) is 58.5 Å². The first-order valence-corrected chi connectivity index (χ1v) is 9.07. The lowest BCUT2D eigenvalue weighted by Gasteiger charge is -2.29. The SMILES string of the molecule is CCN(CC)N(C)c1cn(-c2ccc(Nc3ccc(OC)cc3)cc2)nn1. The third-order valence-electron chi connectivity index (χ3n) is 4.48. The van der Waals surface area contributed by atoms with Crippen molar-refractivity contribution in [3.8, 4) is 11.4 Å². The smallest absolute Gasteiger partial charge is 0.185 e. The lowest BCUT2D eigenvalue weighted by atomic mass is 10.2. The maximum atomic E-state index is 5.18. The van der Waals surface area contributed by atoms with E-state index in [0.29, 0.717) is 0 Å².